The predicted molar refractivity (Wildman–Crippen MR) is 115 cm³/mol. The first-order chi connectivity index (χ1) is 13.4. The van der Waals surface area contributed by atoms with Crippen LogP contribution < -0.4 is 4.74 Å². The van der Waals surface area contributed by atoms with Crippen molar-refractivity contribution < 1.29 is 14.3 Å². The predicted octanol–water partition coefficient (Wildman–Crippen LogP) is 6.06. The lowest BCUT2D eigenvalue weighted by atomic mass is 10.1. The van der Waals surface area contributed by atoms with Crippen LogP contribution in [0.25, 0.3) is 6.08 Å². The van der Waals surface area contributed by atoms with Crippen molar-refractivity contribution in [2.24, 2.45) is 0 Å². The zero-order valence-electron chi connectivity index (χ0n) is 16.1. The molecule has 3 rings (SSSR count). The van der Waals surface area contributed by atoms with Gasteiger partial charge in [-0.3, -0.25) is 14.5 Å². The molecule has 1 saturated heterocycles. The number of imide groups is 1. The van der Waals surface area contributed by atoms with Crippen LogP contribution >= 0.6 is 23.4 Å². The topological polar surface area (TPSA) is 46.6 Å². The van der Waals surface area contributed by atoms with Gasteiger partial charge in [0, 0.05) is 0 Å². The molecule has 0 spiro atoms. The monoisotopic (exact) mass is 415 g/mol. The van der Waals surface area contributed by atoms with Gasteiger partial charge in [0.2, 0.25) is 0 Å². The van der Waals surface area contributed by atoms with Crippen molar-refractivity contribution in [3.63, 3.8) is 0 Å². The summed E-state index contributed by atoms with van der Waals surface area (Å²) in [5.74, 6) is 0.326. The normalized spacial score (nSPS) is 16.7. The van der Waals surface area contributed by atoms with E-state index >= 15 is 0 Å². The fraction of sp³-hybridized carbons (Fsp3) is 0.273. The molecular formula is C22H22ClNO3S. The second kappa shape index (κ2) is 8.84. The summed E-state index contributed by atoms with van der Waals surface area (Å²) in [6.45, 7) is 6.29. The number of hydrogen-bond acceptors (Lipinski definition) is 4. The highest BCUT2D eigenvalue weighted by atomic mass is 35.5. The zero-order valence-corrected chi connectivity index (χ0v) is 17.6. The summed E-state index contributed by atoms with van der Waals surface area (Å²) in [5, 5.41) is 0.215. The van der Waals surface area contributed by atoms with Gasteiger partial charge < -0.3 is 4.74 Å². The van der Waals surface area contributed by atoms with Gasteiger partial charge in [0.05, 0.1) is 22.6 Å². The van der Waals surface area contributed by atoms with Crippen molar-refractivity contribution >= 4 is 40.6 Å². The quantitative estimate of drug-likeness (QED) is 0.538. The van der Waals surface area contributed by atoms with Gasteiger partial charge >= 0.3 is 0 Å². The van der Waals surface area contributed by atoms with Crippen molar-refractivity contribution in [2.75, 3.05) is 0 Å². The lowest BCUT2D eigenvalue weighted by molar-refractivity contribution is -0.123. The summed E-state index contributed by atoms with van der Waals surface area (Å²) in [6.07, 6.45) is 2.65. The van der Waals surface area contributed by atoms with E-state index in [-0.39, 0.29) is 23.8 Å². The van der Waals surface area contributed by atoms with E-state index in [2.05, 4.69) is 0 Å². The van der Waals surface area contributed by atoms with E-state index in [1.54, 1.807) is 18.2 Å². The first kappa shape index (κ1) is 20.5. The number of thioether (sulfide) groups is 1. The van der Waals surface area contributed by atoms with Crippen molar-refractivity contribution in [1.82, 2.24) is 4.90 Å². The van der Waals surface area contributed by atoms with Crippen molar-refractivity contribution in [2.45, 2.75) is 39.8 Å². The van der Waals surface area contributed by atoms with Gasteiger partial charge in [-0.2, -0.15) is 0 Å². The van der Waals surface area contributed by atoms with Crippen LogP contribution in [0.15, 0.2) is 47.4 Å². The minimum atomic E-state index is -0.286. The van der Waals surface area contributed by atoms with E-state index in [1.807, 2.05) is 51.1 Å². The number of nitrogens with zero attached hydrogens (tertiary/aromatic N) is 1. The molecule has 2 aromatic carbocycles. The van der Waals surface area contributed by atoms with Crippen LogP contribution in [0.2, 0.25) is 5.02 Å². The van der Waals surface area contributed by atoms with E-state index in [0.717, 1.165) is 34.9 Å². The van der Waals surface area contributed by atoms with Gasteiger partial charge in [-0.1, -0.05) is 54.4 Å². The number of rotatable bonds is 6. The Morgan fingerprint density at radius 3 is 2.54 bits per heavy atom. The van der Waals surface area contributed by atoms with Crippen LogP contribution in [0.1, 0.15) is 37.0 Å². The smallest absolute Gasteiger partial charge is 0.293 e. The number of carbonyl (C=O) groups is 2. The molecule has 1 heterocycles. The fourth-order valence-corrected chi connectivity index (χ4v) is 3.74. The van der Waals surface area contributed by atoms with Crippen molar-refractivity contribution in [3.05, 3.63) is 69.1 Å². The number of benzene rings is 2. The van der Waals surface area contributed by atoms with Crippen molar-refractivity contribution in [1.29, 1.82) is 0 Å². The lowest BCUT2D eigenvalue weighted by Gasteiger charge is -2.14. The molecule has 0 radical (unpaired) electrons. The second-order valence-electron chi connectivity index (χ2n) is 6.78. The molecule has 1 aliphatic heterocycles. The van der Waals surface area contributed by atoms with E-state index in [9.17, 15) is 9.59 Å². The number of aryl methyl sites for hydroxylation is 1. The maximum Gasteiger partial charge on any atom is 0.293 e. The molecule has 0 aliphatic carbocycles. The number of halogens is 1. The van der Waals surface area contributed by atoms with Crippen molar-refractivity contribution in [3.8, 4) is 5.75 Å². The molecule has 6 heteroatoms. The molecular weight excluding hydrogens is 394 g/mol. The Hall–Kier alpha value is -2.24. The molecule has 0 bridgehead atoms. The lowest BCUT2D eigenvalue weighted by Crippen LogP contribution is -2.27. The van der Waals surface area contributed by atoms with E-state index in [4.69, 9.17) is 16.3 Å². The molecule has 4 nitrogen and oxygen atoms in total. The van der Waals surface area contributed by atoms with Crippen LogP contribution in [-0.2, 0) is 11.3 Å². The van der Waals surface area contributed by atoms with Crippen LogP contribution in [0.3, 0.4) is 0 Å². The maximum absolute atomic E-state index is 12.7. The van der Waals surface area contributed by atoms with Gasteiger partial charge in [0.15, 0.2) is 0 Å². The maximum atomic E-state index is 12.7. The standard InChI is InChI=1S/C22H22ClNO3S/c1-4-15(3)27-19-10-9-17(11-18(19)23)12-20-21(25)24(22(26)28-20)13-16-7-5-14(2)6-8-16/h5-12,15H,4,13H2,1-3H3/b20-12-. The first-order valence-corrected chi connectivity index (χ1v) is 10.3. The minimum absolute atomic E-state index is 0.0709. The fourth-order valence-electron chi connectivity index (χ4n) is 2.67. The third kappa shape index (κ3) is 4.78. The number of ether oxygens (including phenoxy) is 1. The summed E-state index contributed by atoms with van der Waals surface area (Å²) in [6, 6.07) is 13.2. The summed E-state index contributed by atoms with van der Waals surface area (Å²) in [5.41, 5.74) is 2.81. The third-order valence-corrected chi connectivity index (χ3v) is 5.69. The van der Waals surface area contributed by atoms with E-state index in [0.29, 0.717) is 15.7 Å². The largest absolute Gasteiger partial charge is 0.489 e. The molecule has 146 valence electrons. The summed E-state index contributed by atoms with van der Waals surface area (Å²) < 4.78 is 5.76. The molecule has 2 amide bonds. The van der Waals surface area contributed by atoms with E-state index < -0.39 is 0 Å². The first-order valence-electron chi connectivity index (χ1n) is 9.14. The second-order valence-corrected chi connectivity index (χ2v) is 8.18. The number of carbonyl (C=O) groups excluding carboxylic acids is 2. The summed E-state index contributed by atoms with van der Waals surface area (Å²) >= 11 is 7.25. The van der Waals surface area contributed by atoms with Crippen LogP contribution in [0.5, 0.6) is 5.75 Å². The molecule has 1 fully saturated rings. The Morgan fingerprint density at radius 2 is 1.89 bits per heavy atom. The van der Waals surface area contributed by atoms with Gasteiger partial charge in [0.25, 0.3) is 11.1 Å². The Balaban J connectivity index is 1.76. The molecule has 0 N–H and O–H groups in total. The molecule has 0 aromatic heterocycles. The molecule has 1 atom stereocenters. The Kier molecular flexibility index (Phi) is 6.47. The summed E-state index contributed by atoms with van der Waals surface area (Å²) in [7, 11) is 0. The van der Waals surface area contributed by atoms with Crippen LogP contribution in [-0.4, -0.2) is 22.2 Å². The third-order valence-electron chi connectivity index (χ3n) is 4.49. The zero-order chi connectivity index (χ0) is 20.3. The average Bonchev–Trinajstić information content (AvgIpc) is 2.93. The van der Waals surface area contributed by atoms with Gasteiger partial charge in [-0.05, 0) is 61.4 Å². The van der Waals surface area contributed by atoms with Crippen LogP contribution in [0, 0.1) is 6.92 Å². The Labute approximate surface area is 174 Å². The molecule has 0 saturated carbocycles. The highest BCUT2D eigenvalue weighted by Gasteiger charge is 2.34. The number of amides is 2. The number of hydrogen-bond donors (Lipinski definition) is 0. The SMILES string of the molecule is CCC(C)Oc1ccc(/C=C2\SC(=O)N(Cc3ccc(C)cc3)C2=O)cc1Cl. The average molecular weight is 416 g/mol. The Morgan fingerprint density at radius 1 is 1.18 bits per heavy atom. The minimum Gasteiger partial charge on any atom is -0.489 e. The van der Waals surface area contributed by atoms with Crippen LogP contribution in [0.4, 0.5) is 4.79 Å². The Bertz CT molecular complexity index is 924. The molecule has 1 unspecified atom stereocenters. The summed E-state index contributed by atoms with van der Waals surface area (Å²) in [4.78, 5) is 26.7. The molecule has 1 aliphatic rings. The van der Waals surface area contributed by atoms with Gasteiger partial charge in [0.1, 0.15) is 5.75 Å². The highest BCUT2D eigenvalue weighted by Crippen LogP contribution is 2.34. The van der Waals surface area contributed by atoms with E-state index in [1.165, 1.54) is 4.90 Å². The molecule has 2 aromatic rings. The van der Waals surface area contributed by atoms with Gasteiger partial charge in [-0.15, -0.1) is 0 Å². The molecule has 28 heavy (non-hydrogen) atoms. The highest BCUT2D eigenvalue weighted by molar-refractivity contribution is 8.18. The van der Waals surface area contributed by atoms with Gasteiger partial charge in [-0.25, -0.2) is 0 Å².